The van der Waals surface area contributed by atoms with Crippen molar-refractivity contribution in [3.8, 4) is 5.75 Å². The molecule has 2 nitrogen and oxygen atoms in total. The molecular weight excluding hydrogens is 224 g/mol. The first-order valence-corrected chi connectivity index (χ1v) is 5.93. The van der Waals surface area contributed by atoms with Crippen LogP contribution < -0.4 is 10.5 Å². The van der Waals surface area contributed by atoms with E-state index in [1.54, 1.807) is 12.1 Å². The molecule has 0 saturated heterocycles. The van der Waals surface area contributed by atoms with Crippen LogP contribution in [0.1, 0.15) is 44.2 Å². The lowest BCUT2D eigenvalue weighted by Gasteiger charge is -2.13. The molecule has 0 heterocycles. The average molecular weight is 243 g/mol. The van der Waals surface area contributed by atoms with Crippen molar-refractivity contribution in [3.05, 3.63) is 29.8 Å². The monoisotopic (exact) mass is 243 g/mol. The smallest absolute Gasteiger partial charge is 0.387 e. The molecular formula is C13H19F2NO. The highest BCUT2D eigenvalue weighted by Crippen LogP contribution is 2.22. The third-order valence-electron chi connectivity index (χ3n) is 2.63. The summed E-state index contributed by atoms with van der Waals surface area (Å²) in [6.07, 6.45) is 4.20. The average Bonchev–Trinajstić information content (AvgIpc) is 2.28. The van der Waals surface area contributed by atoms with Gasteiger partial charge in [-0.2, -0.15) is 8.78 Å². The van der Waals surface area contributed by atoms with Gasteiger partial charge in [0.25, 0.3) is 0 Å². The number of nitrogens with two attached hydrogens (primary N) is 1. The zero-order valence-corrected chi connectivity index (χ0v) is 10.0. The maximum Gasteiger partial charge on any atom is 0.387 e. The predicted octanol–water partition coefficient (Wildman–Crippen LogP) is 3.87. The molecule has 0 aliphatic heterocycles. The Hall–Kier alpha value is -1.16. The van der Waals surface area contributed by atoms with E-state index in [2.05, 4.69) is 11.7 Å². The van der Waals surface area contributed by atoms with Crippen LogP contribution >= 0.6 is 0 Å². The van der Waals surface area contributed by atoms with Crippen molar-refractivity contribution in [2.75, 3.05) is 0 Å². The summed E-state index contributed by atoms with van der Waals surface area (Å²) in [7, 11) is 0. The molecule has 0 aromatic heterocycles. The maximum absolute atomic E-state index is 12.0. The molecule has 0 bridgehead atoms. The van der Waals surface area contributed by atoms with Crippen LogP contribution in [-0.2, 0) is 0 Å². The molecule has 0 fully saturated rings. The molecule has 1 aromatic rings. The SMILES string of the molecule is CCCCC[C@H](N)c1cccc(OC(F)F)c1. The van der Waals surface area contributed by atoms with Crippen molar-refractivity contribution >= 4 is 0 Å². The molecule has 0 aliphatic rings. The maximum atomic E-state index is 12.0. The summed E-state index contributed by atoms with van der Waals surface area (Å²) in [4.78, 5) is 0. The molecule has 0 spiro atoms. The van der Waals surface area contributed by atoms with Gasteiger partial charge in [-0.05, 0) is 24.1 Å². The summed E-state index contributed by atoms with van der Waals surface area (Å²) < 4.78 is 28.4. The Balaban J connectivity index is 2.57. The summed E-state index contributed by atoms with van der Waals surface area (Å²) >= 11 is 0. The minimum Gasteiger partial charge on any atom is -0.435 e. The van der Waals surface area contributed by atoms with Gasteiger partial charge in [-0.15, -0.1) is 0 Å². The fraction of sp³-hybridized carbons (Fsp3) is 0.538. The predicted molar refractivity (Wildman–Crippen MR) is 64.1 cm³/mol. The van der Waals surface area contributed by atoms with Gasteiger partial charge in [0.1, 0.15) is 5.75 Å². The molecule has 1 atom stereocenters. The van der Waals surface area contributed by atoms with Gasteiger partial charge in [0.15, 0.2) is 0 Å². The fourth-order valence-corrected chi connectivity index (χ4v) is 1.70. The minimum absolute atomic E-state index is 0.109. The molecule has 4 heteroatoms. The van der Waals surface area contributed by atoms with Crippen molar-refractivity contribution in [3.63, 3.8) is 0 Å². The lowest BCUT2D eigenvalue weighted by Crippen LogP contribution is -2.10. The van der Waals surface area contributed by atoms with Gasteiger partial charge in [-0.3, -0.25) is 0 Å². The summed E-state index contributed by atoms with van der Waals surface area (Å²) in [6, 6.07) is 6.52. The Morgan fingerprint density at radius 2 is 2.06 bits per heavy atom. The molecule has 0 aliphatic carbocycles. The Morgan fingerprint density at radius 3 is 2.71 bits per heavy atom. The molecule has 1 aromatic carbocycles. The Kier molecular flexibility index (Phi) is 5.91. The molecule has 0 saturated carbocycles. The van der Waals surface area contributed by atoms with Crippen LogP contribution in [0.2, 0.25) is 0 Å². The van der Waals surface area contributed by atoms with Crippen molar-refractivity contribution in [1.82, 2.24) is 0 Å². The number of hydrogen-bond donors (Lipinski definition) is 1. The Bertz CT molecular complexity index is 331. The second-order valence-electron chi connectivity index (χ2n) is 4.05. The topological polar surface area (TPSA) is 35.2 Å². The van der Waals surface area contributed by atoms with Gasteiger partial charge in [0, 0.05) is 6.04 Å². The second-order valence-corrected chi connectivity index (χ2v) is 4.05. The number of benzene rings is 1. The quantitative estimate of drug-likeness (QED) is 0.738. The van der Waals surface area contributed by atoms with Gasteiger partial charge >= 0.3 is 6.61 Å². The van der Waals surface area contributed by atoms with Crippen LogP contribution in [0.5, 0.6) is 5.75 Å². The molecule has 2 N–H and O–H groups in total. The fourth-order valence-electron chi connectivity index (χ4n) is 1.70. The zero-order chi connectivity index (χ0) is 12.7. The molecule has 1 rings (SSSR count). The van der Waals surface area contributed by atoms with Gasteiger partial charge in [0.05, 0.1) is 0 Å². The van der Waals surface area contributed by atoms with Gasteiger partial charge in [-0.25, -0.2) is 0 Å². The van der Waals surface area contributed by atoms with E-state index in [1.165, 1.54) is 6.07 Å². The highest BCUT2D eigenvalue weighted by Gasteiger charge is 2.09. The molecule has 0 amide bonds. The third-order valence-corrected chi connectivity index (χ3v) is 2.63. The van der Waals surface area contributed by atoms with Crippen LogP contribution in [0.3, 0.4) is 0 Å². The molecule has 96 valence electrons. The van der Waals surface area contributed by atoms with Crippen LogP contribution in [0.25, 0.3) is 0 Å². The van der Waals surface area contributed by atoms with E-state index in [0.717, 1.165) is 31.2 Å². The lowest BCUT2D eigenvalue weighted by molar-refractivity contribution is -0.0499. The minimum atomic E-state index is -2.79. The summed E-state index contributed by atoms with van der Waals surface area (Å²) in [5, 5.41) is 0. The second kappa shape index (κ2) is 7.22. The lowest BCUT2D eigenvalue weighted by atomic mass is 10.0. The highest BCUT2D eigenvalue weighted by atomic mass is 19.3. The molecule has 17 heavy (non-hydrogen) atoms. The number of hydrogen-bond acceptors (Lipinski definition) is 2. The van der Waals surface area contributed by atoms with E-state index in [-0.39, 0.29) is 11.8 Å². The van der Waals surface area contributed by atoms with E-state index in [4.69, 9.17) is 5.73 Å². The molecule has 0 radical (unpaired) electrons. The van der Waals surface area contributed by atoms with Crippen LogP contribution in [-0.4, -0.2) is 6.61 Å². The first-order valence-electron chi connectivity index (χ1n) is 5.93. The third kappa shape index (κ3) is 5.13. The molecule has 0 unspecified atom stereocenters. The van der Waals surface area contributed by atoms with Crippen molar-refractivity contribution in [2.24, 2.45) is 5.73 Å². The number of alkyl halides is 2. The number of rotatable bonds is 7. The van der Waals surface area contributed by atoms with Gasteiger partial charge in [-0.1, -0.05) is 38.3 Å². The van der Waals surface area contributed by atoms with E-state index < -0.39 is 6.61 Å². The number of halogens is 2. The highest BCUT2D eigenvalue weighted by molar-refractivity contribution is 5.30. The standard InChI is InChI=1S/C13H19F2NO/c1-2-3-4-8-12(16)10-6-5-7-11(9-10)17-13(14)15/h5-7,9,12-13H,2-4,8,16H2,1H3/t12-/m0/s1. The Morgan fingerprint density at radius 1 is 1.29 bits per heavy atom. The van der Waals surface area contributed by atoms with Gasteiger partial charge < -0.3 is 10.5 Å². The largest absolute Gasteiger partial charge is 0.435 e. The van der Waals surface area contributed by atoms with E-state index >= 15 is 0 Å². The van der Waals surface area contributed by atoms with Crippen LogP contribution in [0, 0.1) is 0 Å². The number of unbranched alkanes of at least 4 members (excludes halogenated alkanes) is 2. The number of ether oxygens (including phenoxy) is 1. The van der Waals surface area contributed by atoms with Crippen molar-refractivity contribution < 1.29 is 13.5 Å². The van der Waals surface area contributed by atoms with E-state index in [1.807, 2.05) is 6.07 Å². The van der Waals surface area contributed by atoms with E-state index in [0.29, 0.717) is 0 Å². The van der Waals surface area contributed by atoms with Crippen LogP contribution in [0.15, 0.2) is 24.3 Å². The van der Waals surface area contributed by atoms with Crippen molar-refractivity contribution in [2.45, 2.75) is 45.3 Å². The Labute approximate surface area is 101 Å². The summed E-state index contributed by atoms with van der Waals surface area (Å²) in [6.45, 7) is -0.663. The van der Waals surface area contributed by atoms with Gasteiger partial charge in [0.2, 0.25) is 0 Å². The van der Waals surface area contributed by atoms with E-state index in [9.17, 15) is 8.78 Å². The first kappa shape index (κ1) is 13.9. The van der Waals surface area contributed by atoms with Crippen LogP contribution in [0.4, 0.5) is 8.78 Å². The van der Waals surface area contributed by atoms with Crippen molar-refractivity contribution in [1.29, 1.82) is 0 Å². The normalized spacial score (nSPS) is 12.8. The first-order chi connectivity index (χ1) is 8.13. The summed E-state index contributed by atoms with van der Waals surface area (Å²) in [5.74, 6) is 0.170. The summed E-state index contributed by atoms with van der Waals surface area (Å²) in [5.41, 5.74) is 6.84. The zero-order valence-electron chi connectivity index (χ0n) is 10.0.